The van der Waals surface area contributed by atoms with Gasteiger partial charge in [-0.15, -0.1) is 0 Å². The molecule has 0 saturated heterocycles. The van der Waals surface area contributed by atoms with E-state index in [-0.39, 0.29) is 9.41 Å². The second-order valence-electron chi connectivity index (χ2n) is 6.89. The van der Waals surface area contributed by atoms with Gasteiger partial charge < -0.3 is 9.41 Å². The maximum absolute atomic E-state index is 2.49. The van der Waals surface area contributed by atoms with Crippen LogP contribution in [0.15, 0.2) is 36.4 Å². The number of hydrogen-bond acceptors (Lipinski definition) is 0. The molecule has 2 atom stereocenters. The summed E-state index contributed by atoms with van der Waals surface area (Å²) in [5, 5.41) is 0. The number of fused-ring (bicyclic) bond motifs is 2. The van der Waals surface area contributed by atoms with Gasteiger partial charge in [0.05, 0.1) is 0 Å². The quantitative estimate of drug-likeness (QED) is 0.640. The smallest absolute Gasteiger partial charge is 1.00 e. The third kappa shape index (κ3) is 3.24. The van der Waals surface area contributed by atoms with Crippen LogP contribution < -0.4 is 9.41 Å². The predicted molar refractivity (Wildman–Crippen MR) is 95.4 cm³/mol. The number of rotatable bonds is 2. The van der Waals surface area contributed by atoms with Gasteiger partial charge >= 0.3 is 151 Å². The van der Waals surface area contributed by atoms with E-state index in [0.29, 0.717) is 7.25 Å². The summed E-state index contributed by atoms with van der Waals surface area (Å²) < 4.78 is 1.43. The Labute approximate surface area is 160 Å². The molecule has 0 nitrogen and oxygen atoms in total. The number of aryl methyl sites for hydroxylation is 4. The van der Waals surface area contributed by atoms with Crippen LogP contribution in [0.1, 0.15) is 51.8 Å². The van der Waals surface area contributed by atoms with Crippen LogP contribution in [0.5, 0.6) is 0 Å². The minimum atomic E-state index is -0.634. The van der Waals surface area contributed by atoms with E-state index in [1.165, 1.54) is 33.4 Å². The van der Waals surface area contributed by atoms with E-state index in [1.807, 2.05) is 0 Å². The summed E-state index contributed by atoms with van der Waals surface area (Å²) in [7, 11) is 0. The van der Waals surface area contributed by atoms with Crippen molar-refractivity contribution >= 4 is 12.2 Å². The van der Waals surface area contributed by atoms with Crippen molar-refractivity contribution in [2.45, 2.75) is 34.9 Å². The Morgan fingerprint density at radius 2 is 0.960 bits per heavy atom. The molecular weight excluding hydrogens is 393 g/mol. The first-order chi connectivity index (χ1) is 11.1. The third-order valence-electron chi connectivity index (χ3n) is 5.34. The van der Waals surface area contributed by atoms with Crippen LogP contribution in [0.3, 0.4) is 0 Å². The fourth-order valence-corrected chi connectivity index (χ4v) is 8.70. The summed E-state index contributed by atoms with van der Waals surface area (Å²) in [5.41, 5.74) is 12.1. The van der Waals surface area contributed by atoms with E-state index >= 15 is 0 Å². The molecule has 2 aromatic rings. The maximum atomic E-state index is 2.49. The SMILES string of the molecule is Cc1ccc(C)c2c1C=C[CH]2[Zr+2][CH]1C=Cc2c(C)ccc(C)c21.[F-].[F-]. The maximum Gasteiger partial charge on any atom is -1.00 e. The second-order valence-corrected chi connectivity index (χ2v) is 10.8. The summed E-state index contributed by atoms with van der Waals surface area (Å²) in [6.07, 6.45) is 9.75. The van der Waals surface area contributed by atoms with Crippen molar-refractivity contribution in [1.29, 1.82) is 0 Å². The predicted octanol–water partition coefficient (Wildman–Crippen LogP) is -0.153. The van der Waals surface area contributed by atoms with Crippen LogP contribution in [0, 0.1) is 27.7 Å². The summed E-state index contributed by atoms with van der Waals surface area (Å²) >= 11 is -0.634. The first kappa shape index (κ1) is 20.0. The zero-order valence-electron chi connectivity index (χ0n) is 15.0. The number of benzene rings is 2. The monoisotopic (exact) mass is 414 g/mol. The summed E-state index contributed by atoms with van der Waals surface area (Å²) in [4.78, 5) is 0. The number of halogens is 2. The molecule has 0 bridgehead atoms. The molecule has 0 aliphatic heterocycles. The summed E-state index contributed by atoms with van der Waals surface area (Å²) in [6, 6.07) is 9.15. The molecule has 0 N–H and O–H groups in total. The Bertz CT molecular complexity index is 793. The molecule has 128 valence electrons. The van der Waals surface area contributed by atoms with Crippen LogP contribution in [0.4, 0.5) is 0 Å². The van der Waals surface area contributed by atoms with Crippen molar-refractivity contribution in [3.8, 4) is 0 Å². The Morgan fingerprint density at radius 1 is 0.600 bits per heavy atom. The van der Waals surface area contributed by atoms with Gasteiger partial charge in [0.1, 0.15) is 0 Å². The third-order valence-corrected chi connectivity index (χ3v) is 9.47. The topological polar surface area (TPSA) is 0 Å². The van der Waals surface area contributed by atoms with Crippen LogP contribution >= 0.6 is 0 Å². The molecule has 0 radical (unpaired) electrons. The molecule has 4 rings (SSSR count). The normalized spacial score (nSPS) is 18.9. The van der Waals surface area contributed by atoms with Crippen LogP contribution in [0.2, 0.25) is 0 Å². The van der Waals surface area contributed by atoms with E-state index in [1.54, 1.807) is 11.1 Å². The van der Waals surface area contributed by atoms with Crippen LogP contribution in [-0.4, -0.2) is 0 Å². The van der Waals surface area contributed by atoms with Crippen LogP contribution in [-0.2, 0) is 23.2 Å². The molecule has 0 spiro atoms. The van der Waals surface area contributed by atoms with Gasteiger partial charge in [0, 0.05) is 0 Å². The average Bonchev–Trinajstić information content (AvgIpc) is 3.14. The standard InChI is InChI=1S/2C11H11.2FH.Zr/c2*1-8-6-7-9(2)11-5-3-4-10(8)11;;;/h2*3-7H,1-2H3;2*1H;/q;;;;+2/p-2. The molecule has 0 aromatic heterocycles. The Kier molecular flexibility index (Phi) is 5.99. The van der Waals surface area contributed by atoms with Gasteiger partial charge in [0.25, 0.3) is 0 Å². The number of hydrogen-bond donors (Lipinski definition) is 0. The molecule has 0 heterocycles. The summed E-state index contributed by atoms with van der Waals surface area (Å²) in [5.74, 6) is 0. The largest absolute Gasteiger partial charge is 1.00 e. The first-order valence-electron chi connectivity index (χ1n) is 8.39. The van der Waals surface area contributed by atoms with Gasteiger partial charge in [-0.1, -0.05) is 0 Å². The van der Waals surface area contributed by atoms with Crippen LogP contribution in [0.25, 0.3) is 12.2 Å². The molecule has 2 aromatic carbocycles. The molecule has 2 aliphatic rings. The van der Waals surface area contributed by atoms with E-state index < -0.39 is 23.2 Å². The zero-order chi connectivity index (χ0) is 16.1. The van der Waals surface area contributed by atoms with Crippen molar-refractivity contribution in [2.75, 3.05) is 0 Å². The second kappa shape index (κ2) is 7.50. The average molecular weight is 416 g/mol. The van der Waals surface area contributed by atoms with Crippen molar-refractivity contribution < 1.29 is 32.6 Å². The fraction of sp³-hybridized carbons (Fsp3) is 0.273. The molecule has 25 heavy (non-hydrogen) atoms. The van der Waals surface area contributed by atoms with Gasteiger partial charge in [-0.2, -0.15) is 0 Å². The number of allylic oxidation sites excluding steroid dienone is 2. The van der Waals surface area contributed by atoms with Crippen molar-refractivity contribution in [3.63, 3.8) is 0 Å². The van der Waals surface area contributed by atoms with E-state index in [9.17, 15) is 0 Å². The fourth-order valence-electron chi connectivity index (χ4n) is 4.03. The molecule has 2 unspecified atom stereocenters. The van der Waals surface area contributed by atoms with E-state index in [4.69, 9.17) is 0 Å². The van der Waals surface area contributed by atoms with Gasteiger partial charge in [-0.3, -0.25) is 0 Å². The molecule has 2 aliphatic carbocycles. The Balaban J connectivity index is 0.00000113. The van der Waals surface area contributed by atoms with Crippen molar-refractivity contribution in [1.82, 2.24) is 0 Å². The van der Waals surface area contributed by atoms with Gasteiger partial charge in [-0.05, 0) is 0 Å². The van der Waals surface area contributed by atoms with Crippen molar-refractivity contribution in [3.05, 3.63) is 80.9 Å². The first-order valence-corrected chi connectivity index (χ1v) is 11.2. The van der Waals surface area contributed by atoms with Gasteiger partial charge in [0.2, 0.25) is 0 Å². The van der Waals surface area contributed by atoms with E-state index in [0.717, 1.165) is 0 Å². The minimum Gasteiger partial charge on any atom is -1.00 e. The van der Waals surface area contributed by atoms with E-state index in [2.05, 4.69) is 76.3 Å². The Morgan fingerprint density at radius 3 is 1.36 bits per heavy atom. The summed E-state index contributed by atoms with van der Waals surface area (Å²) in [6.45, 7) is 9.06. The molecule has 0 fully saturated rings. The molecule has 0 saturated carbocycles. The van der Waals surface area contributed by atoms with Crippen molar-refractivity contribution in [2.24, 2.45) is 0 Å². The van der Waals surface area contributed by atoms with Gasteiger partial charge in [-0.25, -0.2) is 0 Å². The molecular formula is C22H22F2Zr. The van der Waals surface area contributed by atoms with Gasteiger partial charge in [0.15, 0.2) is 0 Å². The minimum absolute atomic E-state index is 0. The Hall–Kier alpha value is -1.34. The molecule has 3 heteroatoms. The zero-order valence-corrected chi connectivity index (χ0v) is 17.5. The molecule has 0 amide bonds.